The number of nitriles is 1. The second-order valence-electron chi connectivity index (χ2n) is 5.63. The molecule has 0 saturated carbocycles. The van der Waals surface area contributed by atoms with Crippen molar-refractivity contribution in [1.82, 2.24) is 4.90 Å². The zero-order valence-corrected chi connectivity index (χ0v) is 14.9. The van der Waals surface area contributed by atoms with Crippen molar-refractivity contribution in [2.45, 2.75) is 12.5 Å². The van der Waals surface area contributed by atoms with Gasteiger partial charge in [-0.25, -0.2) is 0 Å². The molecule has 24 heavy (non-hydrogen) atoms. The summed E-state index contributed by atoms with van der Waals surface area (Å²) in [5.74, 6) is 0.713. The fourth-order valence-electron chi connectivity index (χ4n) is 2.69. The molecule has 1 aliphatic rings. The molecule has 0 radical (unpaired) electrons. The molecule has 2 heterocycles. The SMILES string of the molecule is N#Cc1cccc(OC(CCN2CCOCC2)c2ccc(Cl)s2)c1. The summed E-state index contributed by atoms with van der Waals surface area (Å²) in [6.07, 6.45) is 0.799. The van der Waals surface area contributed by atoms with Crippen LogP contribution in [0.5, 0.6) is 5.75 Å². The van der Waals surface area contributed by atoms with Gasteiger partial charge in [0, 0.05) is 30.9 Å². The molecule has 1 aromatic heterocycles. The largest absolute Gasteiger partial charge is 0.485 e. The maximum absolute atomic E-state index is 9.05. The summed E-state index contributed by atoms with van der Waals surface area (Å²) < 4.78 is 12.3. The average molecular weight is 363 g/mol. The van der Waals surface area contributed by atoms with Gasteiger partial charge in [-0.2, -0.15) is 5.26 Å². The van der Waals surface area contributed by atoms with Gasteiger partial charge in [0.05, 0.1) is 29.2 Å². The Morgan fingerprint density at radius 2 is 2.12 bits per heavy atom. The van der Waals surface area contributed by atoms with E-state index in [9.17, 15) is 0 Å². The van der Waals surface area contributed by atoms with E-state index in [1.807, 2.05) is 24.3 Å². The van der Waals surface area contributed by atoms with E-state index in [0.29, 0.717) is 11.3 Å². The van der Waals surface area contributed by atoms with Gasteiger partial charge in [-0.15, -0.1) is 11.3 Å². The minimum absolute atomic E-state index is 0.0701. The van der Waals surface area contributed by atoms with Crippen LogP contribution >= 0.6 is 22.9 Å². The van der Waals surface area contributed by atoms with Gasteiger partial charge in [0.25, 0.3) is 0 Å². The molecule has 1 atom stereocenters. The van der Waals surface area contributed by atoms with Gasteiger partial charge in [-0.05, 0) is 30.3 Å². The zero-order chi connectivity index (χ0) is 16.8. The number of hydrogen-bond donors (Lipinski definition) is 0. The third-order valence-electron chi connectivity index (χ3n) is 3.96. The molecule has 1 unspecified atom stereocenters. The summed E-state index contributed by atoms with van der Waals surface area (Å²) in [6, 6.07) is 13.3. The first-order chi connectivity index (χ1) is 11.7. The first kappa shape index (κ1) is 17.2. The highest BCUT2D eigenvalue weighted by Crippen LogP contribution is 2.32. The van der Waals surface area contributed by atoms with Gasteiger partial charge in [-0.1, -0.05) is 17.7 Å². The van der Waals surface area contributed by atoms with E-state index in [0.717, 1.165) is 48.5 Å². The van der Waals surface area contributed by atoms with E-state index in [2.05, 4.69) is 11.0 Å². The molecule has 0 N–H and O–H groups in total. The van der Waals surface area contributed by atoms with Crippen molar-refractivity contribution in [2.24, 2.45) is 0 Å². The van der Waals surface area contributed by atoms with Crippen LogP contribution in [-0.4, -0.2) is 37.7 Å². The van der Waals surface area contributed by atoms with Gasteiger partial charge in [0.2, 0.25) is 0 Å². The Bertz CT molecular complexity index is 707. The molecule has 1 saturated heterocycles. The van der Waals surface area contributed by atoms with Crippen molar-refractivity contribution < 1.29 is 9.47 Å². The van der Waals surface area contributed by atoms with Crippen molar-refractivity contribution >= 4 is 22.9 Å². The van der Waals surface area contributed by atoms with E-state index in [1.54, 1.807) is 23.5 Å². The normalized spacial score (nSPS) is 16.5. The number of rotatable bonds is 6. The predicted molar refractivity (Wildman–Crippen MR) is 95.7 cm³/mol. The van der Waals surface area contributed by atoms with Gasteiger partial charge >= 0.3 is 0 Å². The first-order valence-electron chi connectivity index (χ1n) is 7.97. The maximum atomic E-state index is 9.05. The monoisotopic (exact) mass is 362 g/mol. The molecule has 0 bridgehead atoms. The molecular weight excluding hydrogens is 344 g/mol. The van der Waals surface area contributed by atoms with Crippen molar-refractivity contribution in [3.05, 3.63) is 51.2 Å². The fourth-order valence-corrected chi connectivity index (χ4v) is 3.81. The quantitative estimate of drug-likeness (QED) is 0.775. The third kappa shape index (κ3) is 4.71. The number of hydrogen-bond acceptors (Lipinski definition) is 5. The predicted octanol–water partition coefficient (Wildman–Crippen LogP) is 4.12. The Morgan fingerprint density at radius 1 is 1.29 bits per heavy atom. The summed E-state index contributed by atoms with van der Waals surface area (Å²) in [7, 11) is 0. The van der Waals surface area contributed by atoms with Crippen molar-refractivity contribution in [3.8, 4) is 11.8 Å². The molecule has 126 valence electrons. The van der Waals surface area contributed by atoms with E-state index >= 15 is 0 Å². The molecule has 2 aromatic rings. The summed E-state index contributed by atoms with van der Waals surface area (Å²) in [6.45, 7) is 4.45. The van der Waals surface area contributed by atoms with E-state index in [-0.39, 0.29) is 6.10 Å². The average Bonchev–Trinajstić information content (AvgIpc) is 3.06. The first-order valence-corrected chi connectivity index (χ1v) is 9.16. The lowest BCUT2D eigenvalue weighted by atomic mass is 10.2. The van der Waals surface area contributed by atoms with Crippen LogP contribution in [-0.2, 0) is 4.74 Å². The van der Waals surface area contributed by atoms with Crippen LogP contribution in [0.3, 0.4) is 0 Å². The summed E-state index contributed by atoms with van der Waals surface area (Å²) in [5, 5.41) is 9.05. The van der Waals surface area contributed by atoms with Gasteiger partial charge in [-0.3, -0.25) is 4.90 Å². The lowest BCUT2D eigenvalue weighted by molar-refractivity contribution is 0.0319. The molecule has 0 spiro atoms. The highest BCUT2D eigenvalue weighted by molar-refractivity contribution is 7.16. The van der Waals surface area contributed by atoms with Crippen molar-refractivity contribution in [1.29, 1.82) is 5.26 Å². The summed E-state index contributed by atoms with van der Waals surface area (Å²) in [5.41, 5.74) is 0.601. The van der Waals surface area contributed by atoms with Crippen LogP contribution in [0, 0.1) is 11.3 Å². The molecule has 3 rings (SSSR count). The van der Waals surface area contributed by atoms with E-state index < -0.39 is 0 Å². The van der Waals surface area contributed by atoms with Gasteiger partial charge in [0.15, 0.2) is 0 Å². The molecule has 0 amide bonds. The molecule has 1 aliphatic heterocycles. The van der Waals surface area contributed by atoms with Crippen LogP contribution < -0.4 is 4.74 Å². The summed E-state index contributed by atoms with van der Waals surface area (Å²) >= 11 is 7.64. The van der Waals surface area contributed by atoms with Crippen molar-refractivity contribution in [2.75, 3.05) is 32.8 Å². The van der Waals surface area contributed by atoms with E-state index in [4.69, 9.17) is 26.3 Å². The fraction of sp³-hybridized carbons (Fsp3) is 0.389. The minimum Gasteiger partial charge on any atom is -0.485 e. The van der Waals surface area contributed by atoms with Crippen LogP contribution in [0.2, 0.25) is 4.34 Å². The lowest BCUT2D eigenvalue weighted by Crippen LogP contribution is -2.37. The Kier molecular flexibility index (Phi) is 6.11. The highest BCUT2D eigenvalue weighted by Gasteiger charge is 2.19. The Morgan fingerprint density at radius 3 is 2.83 bits per heavy atom. The van der Waals surface area contributed by atoms with Gasteiger partial charge < -0.3 is 9.47 Å². The topological polar surface area (TPSA) is 45.5 Å². The molecule has 1 fully saturated rings. The maximum Gasteiger partial charge on any atom is 0.134 e. The highest BCUT2D eigenvalue weighted by atomic mass is 35.5. The second kappa shape index (κ2) is 8.50. The van der Waals surface area contributed by atoms with Gasteiger partial charge in [0.1, 0.15) is 11.9 Å². The zero-order valence-electron chi connectivity index (χ0n) is 13.3. The molecule has 6 heteroatoms. The Labute approximate surface area is 151 Å². The standard InChI is InChI=1S/C18H19ClN2O2S/c19-18-5-4-17(24-18)16(6-7-21-8-10-22-11-9-21)23-15-3-1-2-14(12-15)13-20/h1-5,12,16H,6-11H2. The lowest BCUT2D eigenvalue weighted by Gasteiger charge is -2.28. The molecule has 0 aliphatic carbocycles. The number of nitrogens with zero attached hydrogens (tertiary/aromatic N) is 2. The number of morpholine rings is 1. The Hall–Kier alpha value is -1.58. The molecule has 4 nitrogen and oxygen atoms in total. The van der Waals surface area contributed by atoms with Crippen LogP contribution in [0.25, 0.3) is 0 Å². The number of halogens is 1. The molecule has 1 aromatic carbocycles. The van der Waals surface area contributed by atoms with Crippen LogP contribution in [0.1, 0.15) is 23.0 Å². The summed E-state index contributed by atoms with van der Waals surface area (Å²) in [4.78, 5) is 3.50. The number of ether oxygens (including phenoxy) is 2. The second-order valence-corrected chi connectivity index (χ2v) is 7.38. The minimum atomic E-state index is -0.0701. The Balaban J connectivity index is 1.70. The number of benzene rings is 1. The van der Waals surface area contributed by atoms with E-state index in [1.165, 1.54) is 0 Å². The van der Waals surface area contributed by atoms with Crippen molar-refractivity contribution in [3.63, 3.8) is 0 Å². The molecular formula is C18H19ClN2O2S. The van der Waals surface area contributed by atoms with Crippen LogP contribution in [0.15, 0.2) is 36.4 Å². The number of thiophene rings is 1. The third-order valence-corrected chi connectivity index (χ3v) is 5.29. The van der Waals surface area contributed by atoms with Crippen LogP contribution in [0.4, 0.5) is 0 Å². The smallest absolute Gasteiger partial charge is 0.134 e.